The average Bonchev–Trinajstić information content (AvgIpc) is 3.19. The van der Waals surface area contributed by atoms with Gasteiger partial charge < -0.3 is 10.2 Å². The van der Waals surface area contributed by atoms with E-state index in [9.17, 15) is 26.7 Å². The third kappa shape index (κ3) is 5.38. The highest BCUT2D eigenvalue weighted by Gasteiger charge is 2.47. The van der Waals surface area contributed by atoms with Gasteiger partial charge in [-0.2, -0.15) is 18.3 Å². The number of likely N-dealkylation sites (tertiary alicyclic amines) is 1. The maximum Gasteiger partial charge on any atom is 0.419 e. The van der Waals surface area contributed by atoms with Crippen LogP contribution in [-0.4, -0.2) is 60.6 Å². The highest BCUT2D eigenvalue weighted by molar-refractivity contribution is 5.99. The minimum Gasteiger partial charge on any atom is -0.352 e. The van der Waals surface area contributed by atoms with Crippen LogP contribution in [0.3, 0.4) is 0 Å². The Hall–Kier alpha value is -3.64. The Morgan fingerprint density at radius 3 is 2.57 bits per heavy atom. The van der Waals surface area contributed by atoms with E-state index in [2.05, 4.69) is 25.4 Å². The van der Waals surface area contributed by atoms with Gasteiger partial charge in [0.25, 0.3) is 11.8 Å². The quantitative estimate of drug-likeness (QED) is 0.541. The van der Waals surface area contributed by atoms with Crippen LogP contribution >= 0.6 is 0 Å². The number of nitrogens with one attached hydrogen (secondary N) is 1. The number of piperidine rings is 1. The number of pyridine rings is 1. The number of alkyl halides is 5. The number of amides is 1. The average molecular weight is 495 g/mol. The minimum absolute atomic E-state index is 0.00109. The molecule has 0 bridgehead atoms. The van der Waals surface area contributed by atoms with Crippen molar-refractivity contribution in [3.63, 3.8) is 0 Å². The molecule has 1 saturated heterocycles. The Bertz CT molecular complexity index is 1180. The fourth-order valence-electron chi connectivity index (χ4n) is 4.16. The van der Waals surface area contributed by atoms with Crippen LogP contribution in [0.25, 0.3) is 11.1 Å². The van der Waals surface area contributed by atoms with E-state index in [1.165, 1.54) is 4.68 Å². The Kier molecular flexibility index (Phi) is 6.43. The predicted octanol–water partition coefficient (Wildman–Crippen LogP) is 3.89. The van der Waals surface area contributed by atoms with Crippen LogP contribution in [0, 0.1) is 5.92 Å². The van der Waals surface area contributed by atoms with E-state index >= 15 is 0 Å². The zero-order valence-electron chi connectivity index (χ0n) is 18.8. The summed E-state index contributed by atoms with van der Waals surface area (Å²) in [5.41, 5.74) is 0.0447. The first kappa shape index (κ1) is 24.5. The zero-order valence-corrected chi connectivity index (χ0v) is 18.8. The highest BCUT2D eigenvalue weighted by atomic mass is 19.4. The lowest BCUT2D eigenvalue weighted by Crippen LogP contribution is -2.57. The van der Waals surface area contributed by atoms with Crippen LogP contribution in [0.15, 0.2) is 43.1 Å². The first-order chi connectivity index (χ1) is 16.4. The smallest absolute Gasteiger partial charge is 0.352 e. The summed E-state index contributed by atoms with van der Waals surface area (Å²) < 4.78 is 68.7. The number of rotatable bonds is 5. The van der Waals surface area contributed by atoms with E-state index in [1.807, 2.05) is 0 Å². The lowest BCUT2D eigenvalue weighted by molar-refractivity contribution is -0.138. The van der Waals surface area contributed by atoms with Gasteiger partial charge in [0, 0.05) is 62.1 Å². The normalized spacial score (nSPS) is 20.0. The largest absolute Gasteiger partial charge is 0.419 e. The molecule has 186 valence electrons. The lowest BCUT2D eigenvalue weighted by atomic mass is 9.88. The molecule has 0 aromatic carbocycles. The molecule has 35 heavy (non-hydrogen) atoms. The summed E-state index contributed by atoms with van der Waals surface area (Å²) >= 11 is 0. The topological polar surface area (TPSA) is 88.8 Å². The summed E-state index contributed by atoms with van der Waals surface area (Å²) in [4.78, 5) is 25.9. The number of anilines is 1. The van der Waals surface area contributed by atoms with Gasteiger partial charge in [-0.1, -0.05) is 13.0 Å². The number of aryl methyl sites for hydroxylation is 1. The van der Waals surface area contributed by atoms with Crippen molar-refractivity contribution in [2.24, 2.45) is 13.0 Å². The number of aromatic nitrogens is 5. The first-order valence-corrected chi connectivity index (χ1v) is 10.7. The van der Waals surface area contributed by atoms with Crippen LogP contribution in [0.2, 0.25) is 0 Å². The fraction of sp³-hybridized carbons (Fsp3) is 0.409. The molecule has 1 aliphatic heterocycles. The van der Waals surface area contributed by atoms with Gasteiger partial charge in [0.15, 0.2) is 5.69 Å². The van der Waals surface area contributed by atoms with Gasteiger partial charge in [0.2, 0.25) is 5.95 Å². The van der Waals surface area contributed by atoms with Crippen molar-refractivity contribution in [1.29, 1.82) is 0 Å². The van der Waals surface area contributed by atoms with Crippen LogP contribution in [0.1, 0.15) is 29.4 Å². The molecule has 0 saturated carbocycles. The molecule has 1 N–H and O–H groups in total. The monoisotopic (exact) mass is 495 g/mol. The maximum atomic E-state index is 14.5. The van der Waals surface area contributed by atoms with Gasteiger partial charge in [0.05, 0.1) is 18.2 Å². The molecule has 3 aromatic heterocycles. The van der Waals surface area contributed by atoms with E-state index in [1.54, 1.807) is 44.7 Å². The number of carbonyl (C=O) groups is 1. The van der Waals surface area contributed by atoms with Gasteiger partial charge >= 0.3 is 6.18 Å². The van der Waals surface area contributed by atoms with Crippen molar-refractivity contribution >= 4 is 11.9 Å². The standard InChI is InChI=1S/C22H22F5N7O/c1-13-6-21(23,24)12-34(17(13)10-31-20-29-8-15(9-30-20)22(25,26)27)19(35)18-16(11-33(2)32-18)14-4-3-5-28-7-14/h3-5,7-9,11,13,17H,6,10,12H2,1-2H3,(H,29,30,31)/t13-,17?/m1/s1. The van der Waals surface area contributed by atoms with Crippen LogP contribution in [0.4, 0.5) is 27.9 Å². The molecule has 0 radical (unpaired) electrons. The Morgan fingerprint density at radius 1 is 1.23 bits per heavy atom. The van der Waals surface area contributed by atoms with Gasteiger partial charge in [-0.05, 0) is 12.0 Å². The highest BCUT2D eigenvalue weighted by Crippen LogP contribution is 2.36. The van der Waals surface area contributed by atoms with Crippen molar-refractivity contribution in [3.05, 3.63) is 54.4 Å². The third-order valence-corrected chi connectivity index (χ3v) is 5.79. The fourth-order valence-corrected chi connectivity index (χ4v) is 4.16. The SMILES string of the molecule is C[C@@H]1CC(F)(F)CN(C(=O)c2nn(C)cc2-c2cccnc2)C1CNc1ncc(C(F)(F)F)cn1. The van der Waals surface area contributed by atoms with Crippen molar-refractivity contribution < 1.29 is 26.7 Å². The van der Waals surface area contributed by atoms with Crippen molar-refractivity contribution in [2.45, 2.75) is 31.5 Å². The van der Waals surface area contributed by atoms with Gasteiger partial charge in [0.1, 0.15) is 0 Å². The van der Waals surface area contributed by atoms with Crippen LogP contribution in [-0.2, 0) is 13.2 Å². The second kappa shape index (κ2) is 9.19. The molecule has 0 aliphatic carbocycles. The number of hydrogen-bond acceptors (Lipinski definition) is 6. The molecular weight excluding hydrogens is 473 g/mol. The van der Waals surface area contributed by atoms with Gasteiger partial charge in [-0.3, -0.25) is 14.5 Å². The molecule has 4 rings (SSSR count). The summed E-state index contributed by atoms with van der Waals surface area (Å²) in [6.45, 7) is 0.733. The van der Waals surface area contributed by atoms with Crippen LogP contribution < -0.4 is 5.32 Å². The predicted molar refractivity (Wildman–Crippen MR) is 116 cm³/mol. The molecule has 8 nitrogen and oxygen atoms in total. The molecule has 4 heterocycles. The zero-order chi connectivity index (χ0) is 25.4. The summed E-state index contributed by atoms with van der Waals surface area (Å²) in [5, 5.41) is 7.00. The van der Waals surface area contributed by atoms with Gasteiger partial charge in [-0.25, -0.2) is 18.7 Å². The van der Waals surface area contributed by atoms with Crippen molar-refractivity contribution in [3.8, 4) is 11.1 Å². The molecule has 0 spiro atoms. The molecule has 13 heteroatoms. The van der Waals surface area contributed by atoms with E-state index < -0.39 is 48.5 Å². The number of carbonyl (C=O) groups excluding carboxylic acids is 1. The van der Waals surface area contributed by atoms with E-state index in [0.29, 0.717) is 23.5 Å². The number of hydrogen-bond donors (Lipinski definition) is 1. The second-order valence-electron chi connectivity index (χ2n) is 8.52. The Labute approximate surface area is 197 Å². The summed E-state index contributed by atoms with van der Waals surface area (Å²) in [6.07, 6.45) is 0.949. The van der Waals surface area contributed by atoms with Gasteiger partial charge in [-0.15, -0.1) is 0 Å². The summed E-state index contributed by atoms with van der Waals surface area (Å²) in [6, 6.07) is 2.71. The number of halogens is 5. The van der Waals surface area contributed by atoms with Crippen LogP contribution in [0.5, 0.6) is 0 Å². The Morgan fingerprint density at radius 2 is 1.94 bits per heavy atom. The first-order valence-electron chi connectivity index (χ1n) is 10.7. The maximum absolute atomic E-state index is 14.5. The molecule has 1 amide bonds. The number of nitrogens with zero attached hydrogens (tertiary/aromatic N) is 6. The minimum atomic E-state index is -4.58. The van der Waals surface area contributed by atoms with E-state index in [-0.39, 0.29) is 18.2 Å². The molecule has 1 unspecified atom stereocenters. The molecule has 1 aliphatic rings. The summed E-state index contributed by atoms with van der Waals surface area (Å²) in [5.74, 6) is -4.53. The third-order valence-electron chi connectivity index (χ3n) is 5.79. The molecular formula is C22H22F5N7O. The second-order valence-corrected chi connectivity index (χ2v) is 8.52. The molecule has 1 fully saturated rings. The van der Waals surface area contributed by atoms with Crippen molar-refractivity contribution in [2.75, 3.05) is 18.4 Å². The molecule has 2 atom stereocenters. The van der Waals surface area contributed by atoms with E-state index in [4.69, 9.17) is 0 Å². The summed E-state index contributed by atoms with van der Waals surface area (Å²) in [7, 11) is 1.62. The van der Waals surface area contributed by atoms with Crippen molar-refractivity contribution in [1.82, 2.24) is 29.6 Å². The van der Waals surface area contributed by atoms with E-state index in [0.717, 1.165) is 4.90 Å². The lowest BCUT2D eigenvalue weighted by Gasteiger charge is -2.43. The molecule has 3 aromatic rings. The Balaban J connectivity index is 1.60.